The number of ether oxygens (including phenoxy) is 2. The first kappa shape index (κ1) is 18.7. The molecular weight excluding hydrogens is 368 g/mol. The summed E-state index contributed by atoms with van der Waals surface area (Å²) in [5, 5.41) is 6.09. The highest BCUT2D eigenvalue weighted by atomic mass is 16.7. The van der Waals surface area contributed by atoms with Gasteiger partial charge < -0.3 is 20.1 Å². The third-order valence-corrected chi connectivity index (χ3v) is 4.55. The maximum Gasteiger partial charge on any atom is 0.274 e. The number of carbonyl (C=O) groups is 1. The van der Waals surface area contributed by atoms with Crippen LogP contribution >= 0.6 is 0 Å². The van der Waals surface area contributed by atoms with Crippen LogP contribution in [0.2, 0.25) is 0 Å². The third-order valence-electron chi connectivity index (χ3n) is 4.55. The molecule has 0 saturated carbocycles. The fourth-order valence-electron chi connectivity index (χ4n) is 3.14. The van der Waals surface area contributed by atoms with E-state index in [1.807, 2.05) is 25.1 Å². The van der Waals surface area contributed by atoms with Crippen LogP contribution in [0.5, 0.6) is 11.5 Å². The fourth-order valence-corrected chi connectivity index (χ4v) is 3.14. The maximum absolute atomic E-state index is 12.7. The van der Waals surface area contributed by atoms with Crippen molar-refractivity contribution in [3.63, 3.8) is 0 Å². The van der Waals surface area contributed by atoms with Crippen LogP contribution in [0.1, 0.15) is 41.5 Å². The number of nitrogens with zero attached hydrogens (tertiary/aromatic N) is 2. The molecule has 1 aromatic heterocycles. The van der Waals surface area contributed by atoms with Crippen molar-refractivity contribution in [2.75, 3.05) is 17.4 Å². The van der Waals surface area contributed by atoms with Crippen LogP contribution < -0.4 is 20.1 Å². The van der Waals surface area contributed by atoms with Crippen molar-refractivity contribution in [3.8, 4) is 11.5 Å². The first-order chi connectivity index (χ1) is 14.0. The lowest BCUT2D eigenvalue weighted by atomic mass is 10.0. The monoisotopic (exact) mass is 390 g/mol. The van der Waals surface area contributed by atoms with Crippen molar-refractivity contribution in [3.05, 3.63) is 65.5 Å². The molecule has 1 aliphatic rings. The van der Waals surface area contributed by atoms with Crippen LogP contribution in [0.4, 0.5) is 17.3 Å². The minimum absolute atomic E-state index is 0.185. The van der Waals surface area contributed by atoms with E-state index < -0.39 is 0 Å². The van der Waals surface area contributed by atoms with Gasteiger partial charge in [-0.3, -0.25) is 4.79 Å². The van der Waals surface area contributed by atoms with Gasteiger partial charge in [0.2, 0.25) is 12.7 Å². The van der Waals surface area contributed by atoms with E-state index in [1.54, 1.807) is 24.3 Å². The van der Waals surface area contributed by atoms with Gasteiger partial charge in [-0.25, -0.2) is 9.97 Å². The average molecular weight is 390 g/mol. The summed E-state index contributed by atoms with van der Waals surface area (Å²) in [4.78, 5) is 21.6. The molecule has 2 N–H and O–H groups in total. The van der Waals surface area contributed by atoms with Crippen LogP contribution in [0.15, 0.2) is 48.5 Å². The highest BCUT2D eigenvalue weighted by Crippen LogP contribution is 2.34. The molecule has 4 rings (SSSR count). The Labute approximate surface area is 169 Å². The SMILES string of the molecule is Cc1cc(C(=O)Nc2ccc3c(c2)OCO3)nc(Nc2ccccc2C(C)C)n1. The predicted octanol–water partition coefficient (Wildman–Crippen LogP) is 4.63. The lowest BCUT2D eigenvalue weighted by Crippen LogP contribution is -2.15. The van der Waals surface area contributed by atoms with Gasteiger partial charge in [-0.05, 0) is 42.7 Å². The number of hydrogen-bond acceptors (Lipinski definition) is 6. The van der Waals surface area contributed by atoms with Crippen LogP contribution in [-0.2, 0) is 0 Å². The number of para-hydroxylation sites is 1. The summed E-state index contributed by atoms with van der Waals surface area (Å²) in [5.74, 6) is 1.67. The molecule has 3 aromatic rings. The number of hydrogen-bond donors (Lipinski definition) is 2. The lowest BCUT2D eigenvalue weighted by Gasteiger charge is -2.14. The zero-order valence-electron chi connectivity index (χ0n) is 16.5. The van der Waals surface area contributed by atoms with Crippen LogP contribution in [0.3, 0.4) is 0 Å². The number of amides is 1. The Bertz CT molecular complexity index is 1070. The Morgan fingerprint density at radius 3 is 2.66 bits per heavy atom. The van der Waals surface area contributed by atoms with E-state index in [0.717, 1.165) is 11.3 Å². The number of aryl methyl sites for hydroxylation is 1. The largest absolute Gasteiger partial charge is 0.454 e. The molecule has 0 fully saturated rings. The molecule has 1 amide bonds. The summed E-state index contributed by atoms with van der Waals surface area (Å²) in [6, 6.07) is 14.9. The molecule has 0 saturated heterocycles. The first-order valence-corrected chi connectivity index (χ1v) is 9.42. The van der Waals surface area contributed by atoms with Crippen molar-refractivity contribution in [2.24, 2.45) is 0 Å². The molecule has 1 aliphatic heterocycles. The Balaban J connectivity index is 1.56. The normalized spacial score (nSPS) is 12.1. The van der Waals surface area contributed by atoms with E-state index in [1.165, 1.54) is 0 Å². The molecule has 29 heavy (non-hydrogen) atoms. The molecule has 0 spiro atoms. The number of fused-ring (bicyclic) bond motifs is 1. The number of nitrogens with one attached hydrogen (secondary N) is 2. The quantitative estimate of drug-likeness (QED) is 0.660. The summed E-state index contributed by atoms with van der Waals surface area (Å²) in [5.41, 5.74) is 3.66. The van der Waals surface area contributed by atoms with Crippen LogP contribution in [-0.4, -0.2) is 22.7 Å². The Hall–Kier alpha value is -3.61. The highest BCUT2D eigenvalue weighted by Gasteiger charge is 2.16. The summed E-state index contributed by atoms with van der Waals surface area (Å²) in [6.07, 6.45) is 0. The number of anilines is 3. The van der Waals surface area contributed by atoms with E-state index in [4.69, 9.17) is 9.47 Å². The van der Waals surface area contributed by atoms with Gasteiger partial charge in [-0.2, -0.15) is 0 Å². The zero-order valence-corrected chi connectivity index (χ0v) is 16.5. The second-order valence-electron chi connectivity index (χ2n) is 7.11. The second-order valence-corrected chi connectivity index (χ2v) is 7.11. The topological polar surface area (TPSA) is 85.4 Å². The van der Waals surface area contributed by atoms with Crippen LogP contribution in [0.25, 0.3) is 0 Å². The summed E-state index contributed by atoms with van der Waals surface area (Å²) in [6.45, 7) is 6.27. The zero-order chi connectivity index (χ0) is 20.4. The molecular formula is C22H22N4O3. The Morgan fingerprint density at radius 2 is 1.83 bits per heavy atom. The smallest absolute Gasteiger partial charge is 0.274 e. The molecule has 7 nitrogen and oxygen atoms in total. The van der Waals surface area contributed by atoms with E-state index in [2.05, 4.69) is 40.5 Å². The van der Waals surface area contributed by atoms with Crippen molar-refractivity contribution in [2.45, 2.75) is 26.7 Å². The number of carbonyl (C=O) groups excluding carboxylic acids is 1. The van der Waals surface area contributed by atoms with Crippen LogP contribution in [0, 0.1) is 6.92 Å². The molecule has 7 heteroatoms. The molecule has 0 aliphatic carbocycles. The second kappa shape index (κ2) is 7.79. The minimum atomic E-state index is -0.324. The molecule has 0 bridgehead atoms. The summed E-state index contributed by atoms with van der Waals surface area (Å²) >= 11 is 0. The van der Waals surface area contributed by atoms with Gasteiger partial charge in [0.1, 0.15) is 5.69 Å². The summed E-state index contributed by atoms with van der Waals surface area (Å²) < 4.78 is 10.6. The fraction of sp³-hybridized carbons (Fsp3) is 0.227. The van der Waals surface area contributed by atoms with E-state index in [-0.39, 0.29) is 18.4 Å². The lowest BCUT2D eigenvalue weighted by molar-refractivity contribution is 0.102. The van der Waals surface area contributed by atoms with Crippen molar-refractivity contribution < 1.29 is 14.3 Å². The molecule has 0 atom stereocenters. The maximum atomic E-state index is 12.7. The molecule has 0 unspecified atom stereocenters. The van der Waals surface area contributed by atoms with E-state index in [0.29, 0.717) is 34.7 Å². The van der Waals surface area contributed by atoms with E-state index >= 15 is 0 Å². The molecule has 0 radical (unpaired) electrons. The van der Waals surface area contributed by atoms with Gasteiger partial charge >= 0.3 is 0 Å². The molecule has 2 aromatic carbocycles. The van der Waals surface area contributed by atoms with Crippen molar-refractivity contribution in [1.82, 2.24) is 9.97 Å². The van der Waals surface area contributed by atoms with Gasteiger partial charge in [0, 0.05) is 23.1 Å². The average Bonchev–Trinajstić information content (AvgIpc) is 3.15. The highest BCUT2D eigenvalue weighted by molar-refractivity contribution is 6.03. The van der Waals surface area contributed by atoms with Gasteiger partial charge in [0.15, 0.2) is 11.5 Å². The van der Waals surface area contributed by atoms with Gasteiger partial charge in [0.25, 0.3) is 5.91 Å². The van der Waals surface area contributed by atoms with Crippen molar-refractivity contribution in [1.29, 1.82) is 0 Å². The predicted molar refractivity (Wildman–Crippen MR) is 111 cm³/mol. The summed E-state index contributed by atoms with van der Waals surface area (Å²) in [7, 11) is 0. The van der Waals surface area contributed by atoms with Gasteiger partial charge in [-0.1, -0.05) is 32.0 Å². The number of rotatable bonds is 5. The number of aromatic nitrogens is 2. The Morgan fingerprint density at radius 1 is 1.03 bits per heavy atom. The van der Waals surface area contributed by atoms with Gasteiger partial charge in [-0.15, -0.1) is 0 Å². The standard InChI is InChI=1S/C22H22N4O3/c1-13(2)16-6-4-5-7-17(16)25-22-23-14(3)10-18(26-22)21(27)24-15-8-9-19-20(11-15)29-12-28-19/h4-11,13H,12H2,1-3H3,(H,24,27)(H,23,25,26). The Kier molecular flexibility index (Phi) is 5.03. The molecule has 148 valence electrons. The van der Waals surface area contributed by atoms with Crippen molar-refractivity contribution >= 4 is 23.2 Å². The molecule has 2 heterocycles. The van der Waals surface area contributed by atoms with Gasteiger partial charge in [0.05, 0.1) is 0 Å². The number of benzene rings is 2. The first-order valence-electron chi connectivity index (χ1n) is 9.42. The third kappa shape index (κ3) is 4.13. The van der Waals surface area contributed by atoms with E-state index in [9.17, 15) is 4.79 Å². The minimum Gasteiger partial charge on any atom is -0.454 e.